The molecule has 0 spiro atoms. The van der Waals surface area contributed by atoms with E-state index in [1.54, 1.807) is 42.5 Å². The molecule has 3 aliphatic rings. The van der Waals surface area contributed by atoms with Gasteiger partial charge < -0.3 is 15.3 Å². The molecule has 13 nitrogen and oxygen atoms in total. The summed E-state index contributed by atoms with van der Waals surface area (Å²) in [6, 6.07) is 4.61. The maximum Gasteiger partial charge on any atom is 0.248 e. The molecule has 2 aliphatic heterocycles. The van der Waals surface area contributed by atoms with Gasteiger partial charge in [-0.25, -0.2) is 15.0 Å². The second-order valence-electron chi connectivity index (χ2n) is 12.4. The molecule has 2 N–H and O–H groups in total. The fourth-order valence-corrected chi connectivity index (χ4v) is 7.04. The maximum atomic E-state index is 14.1. The Morgan fingerprint density at radius 3 is 2.56 bits per heavy atom. The van der Waals surface area contributed by atoms with Crippen LogP contribution in [0.3, 0.4) is 0 Å². The number of aromatic nitrogens is 6. The number of anilines is 1. The van der Waals surface area contributed by atoms with Crippen molar-refractivity contribution in [2.45, 2.75) is 58.3 Å². The quantitative estimate of drug-likeness (QED) is 0.210. The Kier molecular flexibility index (Phi) is 7.25. The molecule has 0 unspecified atom stereocenters. The second kappa shape index (κ2) is 11.0. The predicted octanol–water partition coefficient (Wildman–Crippen LogP) is 2.54. The summed E-state index contributed by atoms with van der Waals surface area (Å²) in [6.45, 7) is 6.84. The largest absolute Gasteiger partial charge is 0.390 e. The minimum Gasteiger partial charge on any atom is -0.390 e. The number of carbonyl (C=O) groups excluding carboxylic acids is 3. The zero-order chi connectivity index (χ0) is 31.6. The van der Waals surface area contributed by atoms with Gasteiger partial charge in [0.05, 0.1) is 23.5 Å². The van der Waals surface area contributed by atoms with Gasteiger partial charge in [0.2, 0.25) is 11.8 Å². The molecule has 2 saturated heterocycles. The molecule has 2 amide bonds. The lowest BCUT2D eigenvalue weighted by atomic mass is 9.96. The number of hydrogen-bond donors (Lipinski definition) is 2. The van der Waals surface area contributed by atoms with E-state index in [9.17, 15) is 19.5 Å². The fraction of sp³-hybridized carbons (Fsp3) is 0.419. The van der Waals surface area contributed by atoms with Gasteiger partial charge in [-0.2, -0.15) is 5.10 Å². The van der Waals surface area contributed by atoms with Crippen molar-refractivity contribution < 1.29 is 19.5 Å². The summed E-state index contributed by atoms with van der Waals surface area (Å²) < 4.78 is 2.09. The number of hydrogen-bond acceptors (Lipinski definition) is 10. The molecular weight excluding hydrogens is 642 g/mol. The third-order valence-electron chi connectivity index (χ3n) is 9.12. The molecule has 6 heterocycles. The number of amides is 2. The van der Waals surface area contributed by atoms with Gasteiger partial charge in [-0.15, -0.1) is 0 Å². The summed E-state index contributed by atoms with van der Waals surface area (Å²) >= 11 is 3.37. The second-order valence-corrected chi connectivity index (χ2v) is 13.2. The standard InChI is InChI=1S/C31H32BrN9O4/c1-16-4-5-26(32)36-29(16)37-30(45)23-7-31(15-39-12-20(43)13-39)8-25(31)41(23)27(44)14-40-24-11-35-22(19-9-33-18(3)34-10-19)6-21(24)28(38-40)17(2)42/h4-6,9-11,20,23,25,43H,7-8,12-15H2,1-3H3,(H,36,37,45)/t23-,25+,31-/m0/s1. The molecule has 0 aromatic carbocycles. The summed E-state index contributed by atoms with van der Waals surface area (Å²) in [5.41, 5.74) is 2.64. The minimum absolute atomic E-state index is 0.115. The first-order valence-corrected chi connectivity index (χ1v) is 15.6. The summed E-state index contributed by atoms with van der Waals surface area (Å²) in [4.78, 5) is 61.9. The van der Waals surface area contributed by atoms with Crippen LogP contribution < -0.4 is 5.32 Å². The number of pyridine rings is 2. The van der Waals surface area contributed by atoms with E-state index in [2.05, 4.69) is 51.2 Å². The van der Waals surface area contributed by atoms with Gasteiger partial charge in [0, 0.05) is 61.4 Å². The molecule has 14 heteroatoms. The van der Waals surface area contributed by atoms with E-state index in [4.69, 9.17) is 0 Å². The number of fused-ring (bicyclic) bond motifs is 2. The Morgan fingerprint density at radius 2 is 1.84 bits per heavy atom. The van der Waals surface area contributed by atoms with Crippen LogP contribution in [0.1, 0.15) is 41.6 Å². The van der Waals surface area contributed by atoms with E-state index >= 15 is 0 Å². The molecule has 232 valence electrons. The molecule has 1 saturated carbocycles. The number of halogens is 1. The molecule has 4 aromatic rings. The first-order valence-electron chi connectivity index (χ1n) is 14.8. The minimum atomic E-state index is -0.706. The van der Waals surface area contributed by atoms with Crippen LogP contribution >= 0.6 is 15.9 Å². The maximum absolute atomic E-state index is 14.1. The van der Waals surface area contributed by atoms with E-state index in [-0.39, 0.29) is 47.4 Å². The van der Waals surface area contributed by atoms with Crippen LogP contribution in [0, 0.1) is 19.3 Å². The van der Waals surface area contributed by atoms with Crippen molar-refractivity contribution in [2.75, 3.05) is 25.0 Å². The first kappa shape index (κ1) is 29.6. The zero-order valence-electron chi connectivity index (χ0n) is 25.1. The molecule has 3 atom stereocenters. The molecule has 7 rings (SSSR count). The lowest BCUT2D eigenvalue weighted by Gasteiger charge is -2.38. The van der Waals surface area contributed by atoms with Crippen LogP contribution in [0.15, 0.2) is 41.4 Å². The third-order valence-corrected chi connectivity index (χ3v) is 9.56. The molecule has 0 radical (unpaired) electrons. The van der Waals surface area contributed by atoms with E-state index in [1.807, 2.05) is 13.0 Å². The van der Waals surface area contributed by atoms with Gasteiger partial charge in [-0.05, 0) is 60.3 Å². The molecule has 1 aliphatic carbocycles. The number of aliphatic hydroxyl groups excluding tert-OH is 1. The van der Waals surface area contributed by atoms with Gasteiger partial charge in [0.1, 0.15) is 34.5 Å². The average Bonchev–Trinajstić information content (AvgIpc) is 3.39. The van der Waals surface area contributed by atoms with E-state index in [0.29, 0.717) is 64.5 Å². The number of nitrogens with one attached hydrogen (secondary N) is 1. The third kappa shape index (κ3) is 5.40. The SMILES string of the molecule is CC(=O)c1nn(CC(=O)N2[C@H](C(=O)Nc3nc(Br)ccc3C)C[C@@]3(CN4CC(O)C4)C[C@@H]23)c2cnc(-c3cnc(C)nc3)cc12. The summed E-state index contributed by atoms with van der Waals surface area (Å²) in [5, 5.41) is 17.9. The Labute approximate surface area is 267 Å². The van der Waals surface area contributed by atoms with Gasteiger partial charge in [-0.3, -0.25) is 28.9 Å². The first-order chi connectivity index (χ1) is 21.5. The molecular formula is C31H32BrN9O4. The number of carbonyl (C=O) groups is 3. The molecule has 3 fully saturated rings. The molecule has 4 aromatic heterocycles. The van der Waals surface area contributed by atoms with Crippen LogP contribution in [0.25, 0.3) is 22.2 Å². The summed E-state index contributed by atoms with van der Waals surface area (Å²) in [7, 11) is 0. The van der Waals surface area contributed by atoms with Gasteiger partial charge in [-0.1, -0.05) is 6.07 Å². The van der Waals surface area contributed by atoms with E-state index in [1.165, 1.54) is 11.6 Å². The average molecular weight is 675 g/mol. The number of rotatable bonds is 8. The fourth-order valence-electron chi connectivity index (χ4n) is 6.73. The van der Waals surface area contributed by atoms with Crippen molar-refractivity contribution in [3.63, 3.8) is 0 Å². The molecule has 0 bridgehead atoms. The Bertz CT molecular complexity index is 1860. The van der Waals surface area contributed by atoms with Gasteiger partial charge >= 0.3 is 0 Å². The number of aryl methyl sites for hydroxylation is 2. The van der Waals surface area contributed by atoms with E-state index < -0.39 is 6.04 Å². The van der Waals surface area contributed by atoms with Crippen molar-refractivity contribution in [1.29, 1.82) is 0 Å². The number of nitrogens with zero attached hydrogens (tertiary/aromatic N) is 8. The van der Waals surface area contributed by atoms with Crippen molar-refractivity contribution >= 4 is 50.2 Å². The predicted molar refractivity (Wildman–Crippen MR) is 167 cm³/mol. The topological polar surface area (TPSA) is 159 Å². The van der Waals surface area contributed by atoms with Crippen molar-refractivity contribution in [3.8, 4) is 11.3 Å². The van der Waals surface area contributed by atoms with Gasteiger partial charge in [0.15, 0.2) is 5.78 Å². The lowest BCUT2D eigenvalue weighted by Crippen LogP contribution is -2.52. The van der Waals surface area contributed by atoms with Crippen molar-refractivity contribution in [1.82, 2.24) is 39.5 Å². The highest BCUT2D eigenvalue weighted by atomic mass is 79.9. The zero-order valence-corrected chi connectivity index (χ0v) is 26.7. The van der Waals surface area contributed by atoms with Crippen LogP contribution in [0.5, 0.6) is 0 Å². The number of Topliss-reactive ketones (excluding diaryl/α,β-unsaturated/α-hetero) is 1. The normalized spacial score (nSPS) is 22.7. The highest BCUT2D eigenvalue weighted by Gasteiger charge is 2.67. The Morgan fingerprint density at radius 1 is 1.09 bits per heavy atom. The van der Waals surface area contributed by atoms with Crippen LogP contribution in [-0.2, 0) is 16.1 Å². The summed E-state index contributed by atoms with van der Waals surface area (Å²) in [5.74, 6) is 0.268. The Hall–Kier alpha value is -4.14. The van der Waals surface area contributed by atoms with Crippen LogP contribution in [0.2, 0.25) is 0 Å². The highest BCUT2D eigenvalue weighted by molar-refractivity contribution is 9.10. The summed E-state index contributed by atoms with van der Waals surface area (Å²) in [6.07, 6.45) is 5.90. The Balaban J connectivity index is 1.18. The van der Waals surface area contributed by atoms with E-state index in [0.717, 1.165) is 12.0 Å². The lowest BCUT2D eigenvalue weighted by molar-refractivity contribution is -0.138. The number of ketones is 1. The number of β-amino-alcohol motifs (C(OH)–C–C–N with tert-alkyl or cyclic N) is 1. The molecule has 45 heavy (non-hydrogen) atoms. The van der Waals surface area contributed by atoms with Crippen LogP contribution in [0.4, 0.5) is 5.82 Å². The highest BCUT2D eigenvalue weighted by Crippen LogP contribution is 2.60. The smallest absolute Gasteiger partial charge is 0.248 e. The van der Waals surface area contributed by atoms with Crippen LogP contribution in [-0.4, -0.2) is 100 Å². The number of aliphatic hydroxyl groups is 1. The van der Waals surface area contributed by atoms with Gasteiger partial charge in [0.25, 0.3) is 0 Å². The van der Waals surface area contributed by atoms with Crippen molar-refractivity contribution in [2.24, 2.45) is 5.41 Å². The number of piperidine rings is 1. The number of likely N-dealkylation sites (tertiary alicyclic amines) is 2. The monoisotopic (exact) mass is 673 g/mol. The van der Waals surface area contributed by atoms with Crippen molar-refractivity contribution in [3.05, 3.63) is 58.5 Å².